The molecule has 0 rings (SSSR count). The molecule has 0 aliphatic carbocycles. The van der Waals surface area contributed by atoms with Gasteiger partial charge in [0.05, 0.1) is 0 Å². The van der Waals surface area contributed by atoms with Crippen molar-refractivity contribution >= 4 is 55.1 Å². The van der Waals surface area contributed by atoms with E-state index in [1.807, 2.05) is 0 Å². The quantitative estimate of drug-likeness (QED) is 0.300. The molecule has 0 amide bonds. The predicted octanol–water partition coefficient (Wildman–Crippen LogP) is -3.93. The van der Waals surface area contributed by atoms with Gasteiger partial charge in [-0.2, -0.15) is 0 Å². The van der Waals surface area contributed by atoms with Gasteiger partial charge < -0.3 is 17.9 Å². The van der Waals surface area contributed by atoms with Crippen molar-refractivity contribution in [2.75, 3.05) is 0 Å². The zero-order valence-electron chi connectivity index (χ0n) is 2.11. The molecule has 0 spiro atoms. The van der Waals surface area contributed by atoms with Gasteiger partial charge in [-0.3, -0.25) is 0 Å². The Hall–Kier alpha value is 2.04. The first-order valence-electron chi connectivity index (χ1n) is 0. The first-order chi connectivity index (χ1) is 0. The molecule has 0 bridgehead atoms. The third-order valence-corrected chi connectivity index (χ3v) is 0. The van der Waals surface area contributed by atoms with Crippen LogP contribution in [0.2, 0.25) is 0 Å². The van der Waals surface area contributed by atoms with Gasteiger partial charge in [-0.1, -0.05) is 0 Å². The monoisotopic (exact) mass is 119 g/mol. The first-order valence-corrected chi connectivity index (χ1v) is 0. The van der Waals surface area contributed by atoms with Gasteiger partial charge in [-0.05, 0) is 0 Å². The Morgan fingerprint density at radius 3 is 1.00 bits per heavy atom. The summed E-state index contributed by atoms with van der Waals surface area (Å²) >= 11 is 0. The topological polar surface area (TPSA) is 30.0 Å². The minimum atomic E-state index is 0. The summed E-state index contributed by atoms with van der Waals surface area (Å²) in [6, 6.07) is 0. The maximum absolute atomic E-state index is 0. The van der Waals surface area contributed by atoms with Crippen molar-refractivity contribution < 1.29 is 17.9 Å². The van der Waals surface area contributed by atoms with Gasteiger partial charge >= 0.3 is 37.7 Å². The summed E-state index contributed by atoms with van der Waals surface area (Å²) in [7, 11) is 0. The van der Waals surface area contributed by atoms with E-state index in [1.165, 1.54) is 0 Å². The average molecular weight is 120 g/mol. The Balaban J connectivity index is 0. The van der Waals surface area contributed by atoms with Gasteiger partial charge in [0, 0.05) is 17.4 Å². The Morgan fingerprint density at radius 2 is 1.00 bits per heavy atom. The van der Waals surface area contributed by atoms with Crippen molar-refractivity contribution in [3.05, 3.63) is 0 Å². The fourth-order valence-corrected chi connectivity index (χ4v) is 0. The van der Waals surface area contributed by atoms with Gasteiger partial charge in [-0.15, -0.1) is 0 Å². The zero-order chi connectivity index (χ0) is 0. The van der Waals surface area contributed by atoms with E-state index < -0.39 is 0 Å². The molecule has 3 radical (unpaired) electrons. The first kappa shape index (κ1) is 36.8. The average Bonchev–Trinajstić information content (AvgIpc) is 0. The number of halogens is 1. The molecule has 0 fully saturated rings. The molecule has 1 nitrogen and oxygen atoms in total. The summed E-state index contributed by atoms with van der Waals surface area (Å²) < 4.78 is 0. The third-order valence-electron chi connectivity index (χ3n) is 0. The standard InChI is InChI=1S/Al.Ca.ClH.H2O/h;;1H;1H2/q;+2;;/p-2. The molecular weight excluding hydrogens is 119 g/mol. The second kappa shape index (κ2) is 19.8. The third kappa shape index (κ3) is 8.97. The van der Waals surface area contributed by atoms with Crippen LogP contribution in [-0.2, 0) is 0 Å². The van der Waals surface area contributed by atoms with Crippen LogP contribution in [-0.4, -0.2) is 60.6 Å². The molecule has 0 heterocycles. The normalized spacial score (nSPS) is 0. The number of rotatable bonds is 0. The molecule has 0 saturated heterocycles. The second-order valence-electron chi connectivity index (χ2n) is 0. The summed E-state index contributed by atoms with van der Waals surface area (Å²) in [6.07, 6.45) is 0. The van der Waals surface area contributed by atoms with Crippen LogP contribution < -0.4 is 12.4 Å². The largest absolute Gasteiger partial charge is 2.00 e. The van der Waals surface area contributed by atoms with Crippen LogP contribution in [0.15, 0.2) is 0 Å². The molecule has 0 aromatic heterocycles. The molecule has 0 aromatic rings. The van der Waals surface area contributed by atoms with E-state index in [-0.39, 0.29) is 73.0 Å². The summed E-state index contributed by atoms with van der Waals surface area (Å²) in [5.41, 5.74) is 0. The van der Waals surface area contributed by atoms with Crippen LogP contribution in [0.1, 0.15) is 0 Å². The molecule has 0 aromatic carbocycles. The fourth-order valence-electron chi connectivity index (χ4n) is 0. The molecule has 1 N–H and O–H groups in total. The second-order valence-corrected chi connectivity index (χ2v) is 0. The van der Waals surface area contributed by atoms with Crippen LogP contribution >= 0.6 is 0 Å². The molecule has 0 saturated carbocycles. The Bertz CT molecular complexity index is 8.00. The van der Waals surface area contributed by atoms with Crippen molar-refractivity contribution in [1.82, 2.24) is 0 Å². The summed E-state index contributed by atoms with van der Waals surface area (Å²) in [4.78, 5) is 0. The summed E-state index contributed by atoms with van der Waals surface area (Å²) in [5.74, 6) is 0. The summed E-state index contributed by atoms with van der Waals surface area (Å²) in [6.45, 7) is 0. The molecule has 0 unspecified atom stereocenters. The van der Waals surface area contributed by atoms with E-state index in [0.29, 0.717) is 0 Å². The van der Waals surface area contributed by atoms with Gasteiger partial charge in [0.25, 0.3) is 0 Å². The van der Waals surface area contributed by atoms with Crippen molar-refractivity contribution in [3.63, 3.8) is 0 Å². The van der Waals surface area contributed by atoms with Gasteiger partial charge in [-0.25, -0.2) is 0 Å². The number of hydrogen-bond donors (Lipinski definition) is 0. The van der Waals surface area contributed by atoms with Crippen LogP contribution in [0, 0.1) is 0 Å². The van der Waals surface area contributed by atoms with E-state index >= 15 is 0 Å². The van der Waals surface area contributed by atoms with E-state index in [1.54, 1.807) is 0 Å². The number of hydrogen-bond acceptors (Lipinski definition) is 1. The smallest absolute Gasteiger partial charge is 1.00 e. The molecule has 4 heteroatoms. The molecule has 0 aliphatic heterocycles. The van der Waals surface area contributed by atoms with E-state index in [9.17, 15) is 0 Å². The Morgan fingerprint density at radius 1 is 1.00 bits per heavy atom. The van der Waals surface area contributed by atoms with Crippen LogP contribution in [0.25, 0.3) is 0 Å². The Labute approximate surface area is 72.0 Å². The molecule has 19 valence electrons. The SMILES string of the molecule is [Al].[Ca+2].[Cl-].[OH-]. The maximum Gasteiger partial charge on any atom is 2.00 e. The summed E-state index contributed by atoms with van der Waals surface area (Å²) in [5, 5.41) is 0. The van der Waals surface area contributed by atoms with Crippen molar-refractivity contribution in [3.8, 4) is 0 Å². The molecule has 0 atom stereocenters. The van der Waals surface area contributed by atoms with Crippen LogP contribution in [0.3, 0.4) is 0 Å². The van der Waals surface area contributed by atoms with Crippen LogP contribution in [0.4, 0.5) is 0 Å². The molecular formula is HAlCaClO. The minimum absolute atomic E-state index is 0. The van der Waals surface area contributed by atoms with Gasteiger partial charge in [0.15, 0.2) is 0 Å². The minimum Gasteiger partial charge on any atom is -1.00 e. The maximum atomic E-state index is 0. The molecule has 4 heavy (non-hydrogen) atoms. The van der Waals surface area contributed by atoms with Crippen molar-refractivity contribution in [2.24, 2.45) is 0 Å². The Kier molecular flexibility index (Phi) is 182. The van der Waals surface area contributed by atoms with E-state index in [0.717, 1.165) is 0 Å². The zero-order valence-corrected chi connectivity index (χ0v) is 6.23. The predicted molar refractivity (Wildman–Crippen MR) is 13.4 cm³/mol. The molecule has 0 aliphatic rings. The fraction of sp³-hybridized carbons (Fsp3) is 0. The van der Waals surface area contributed by atoms with E-state index in [2.05, 4.69) is 0 Å². The van der Waals surface area contributed by atoms with Crippen molar-refractivity contribution in [2.45, 2.75) is 0 Å². The van der Waals surface area contributed by atoms with E-state index in [4.69, 9.17) is 0 Å². The van der Waals surface area contributed by atoms with Gasteiger partial charge in [0.1, 0.15) is 0 Å². The van der Waals surface area contributed by atoms with Crippen molar-refractivity contribution in [1.29, 1.82) is 0 Å². The van der Waals surface area contributed by atoms with Gasteiger partial charge in [0.2, 0.25) is 0 Å². The van der Waals surface area contributed by atoms with Crippen LogP contribution in [0.5, 0.6) is 0 Å².